The van der Waals surface area contributed by atoms with Gasteiger partial charge >= 0.3 is 0 Å². The molecule has 3 N–H and O–H groups in total. The van der Waals surface area contributed by atoms with Crippen LogP contribution in [0.15, 0.2) is 24.5 Å². The minimum Gasteiger partial charge on any atom is -0.398 e. The smallest absolute Gasteiger partial charge is 0.127 e. The second kappa shape index (κ2) is 4.86. The van der Waals surface area contributed by atoms with Gasteiger partial charge in [0.2, 0.25) is 0 Å². The van der Waals surface area contributed by atoms with Gasteiger partial charge in [-0.05, 0) is 18.6 Å². The molecule has 0 amide bonds. The van der Waals surface area contributed by atoms with E-state index in [9.17, 15) is 0 Å². The summed E-state index contributed by atoms with van der Waals surface area (Å²) in [6.45, 7) is 2.74. The minimum atomic E-state index is 0.764. The monoisotopic (exact) mass is 231 g/mol. The molecule has 0 saturated carbocycles. The van der Waals surface area contributed by atoms with Crippen LogP contribution in [-0.4, -0.2) is 21.3 Å². The van der Waals surface area contributed by atoms with Crippen molar-refractivity contribution in [3.63, 3.8) is 0 Å². The summed E-state index contributed by atoms with van der Waals surface area (Å²) in [6.07, 6.45) is 4.59. The molecule has 0 atom stereocenters. The Morgan fingerprint density at radius 1 is 1.47 bits per heavy atom. The Labute approximate surface area is 101 Å². The van der Waals surface area contributed by atoms with Gasteiger partial charge in [0.05, 0.1) is 5.69 Å². The van der Waals surface area contributed by atoms with Crippen molar-refractivity contribution >= 4 is 11.5 Å². The summed E-state index contributed by atoms with van der Waals surface area (Å²) in [4.78, 5) is 4.26. The van der Waals surface area contributed by atoms with E-state index in [1.165, 1.54) is 0 Å². The molecule has 0 saturated heterocycles. The second-order valence-electron chi connectivity index (χ2n) is 4.08. The maximum absolute atomic E-state index is 5.81. The first-order chi connectivity index (χ1) is 8.15. The maximum Gasteiger partial charge on any atom is 0.127 e. The molecule has 2 rings (SSSR count). The molecule has 0 bridgehead atoms. The van der Waals surface area contributed by atoms with E-state index < -0.39 is 0 Å². The molecule has 0 fully saturated rings. The van der Waals surface area contributed by atoms with Crippen molar-refractivity contribution in [1.82, 2.24) is 14.8 Å². The molecule has 90 valence electrons. The Kier molecular flexibility index (Phi) is 3.27. The molecule has 0 radical (unpaired) electrons. The van der Waals surface area contributed by atoms with Crippen molar-refractivity contribution in [3.8, 4) is 0 Å². The van der Waals surface area contributed by atoms with Crippen LogP contribution in [0.4, 0.5) is 11.5 Å². The molecule has 0 aromatic carbocycles. The lowest BCUT2D eigenvalue weighted by Crippen LogP contribution is -2.07. The molecule has 5 heteroatoms. The van der Waals surface area contributed by atoms with Gasteiger partial charge in [0, 0.05) is 44.2 Å². The van der Waals surface area contributed by atoms with Crippen molar-refractivity contribution in [2.45, 2.75) is 13.3 Å². The van der Waals surface area contributed by atoms with Crippen molar-refractivity contribution in [2.24, 2.45) is 7.05 Å². The molecule has 0 unspecified atom stereocenters. The second-order valence-corrected chi connectivity index (χ2v) is 4.08. The highest BCUT2D eigenvalue weighted by Gasteiger charge is 1.99. The molecule has 2 aromatic rings. The lowest BCUT2D eigenvalue weighted by Gasteiger charge is -2.06. The maximum atomic E-state index is 5.81. The number of hydrogen-bond acceptors (Lipinski definition) is 4. The summed E-state index contributed by atoms with van der Waals surface area (Å²) in [6, 6.07) is 3.87. The highest BCUT2D eigenvalue weighted by molar-refractivity contribution is 5.53. The molecular formula is C12H17N5. The number of pyridine rings is 1. The number of nitrogen functional groups attached to an aromatic ring is 1. The lowest BCUT2D eigenvalue weighted by atomic mass is 10.2. The Morgan fingerprint density at radius 3 is 2.94 bits per heavy atom. The van der Waals surface area contributed by atoms with E-state index in [0.717, 1.165) is 35.7 Å². The van der Waals surface area contributed by atoms with E-state index in [1.807, 2.05) is 32.3 Å². The van der Waals surface area contributed by atoms with Crippen LogP contribution in [0.1, 0.15) is 11.3 Å². The number of hydrogen-bond donors (Lipinski definition) is 2. The van der Waals surface area contributed by atoms with Gasteiger partial charge in [0.15, 0.2) is 0 Å². The molecule has 5 nitrogen and oxygen atoms in total. The topological polar surface area (TPSA) is 68.8 Å². The van der Waals surface area contributed by atoms with E-state index in [2.05, 4.69) is 15.4 Å². The molecule has 2 heterocycles. The molecule has 0 aliphatic heterocycles. The van der Waals surface area contributed by atoms with Gasteiger partial charge in [-0.15, -0.1) is 0 Å². The number of nitrogens with zero attached hydrogens (tertiary/aromatic N) is 3. The Balaban J connectivity index is 1.87. The fourth-order valence-corrected chi connectivity index (χ4v) is 1.55. The highest BCUT2D eigenvalue weighted by Crippen LogP contribution is 2.13. The summed E-state index contributed by atoms with van der Waals surface area (Å²) in [5.74, 6) is 0.809. The van der Waals surface area contributed by atoms with E-state index >= 15 is 0 Å². The van der Waals surface area contributed by atoms with Crippen molar-refractivity contribution in [1.29, 1.82) is 0 Å². The average Bonchev–Trinajstić information content (AvgIpc) is 2.70. The largest absolute Gasteiger partial charge is 0.398 e. The third kappa shape index (κ3) is 2.96. The number of rotatable bonds is 4. The minimum absolute atomic E-state index is 0.764. The van der Waals surface area contributed by atoms with E-state index in [-0.39, 0.29) is 0 Å². The Morgan fingerprint density at radius 2 is 2.29 bits per heavy atom. The number of nitrogens with two attached hydrogens (primary N) is 1. The number of aryl methyl sites for hydroxylation is 2. The predicted octanol–water partition coefficient (Wildman–Crippen LogP) is 1.36. The lowest BCUT2D eigenvalue weighted by molar-refractivity contribution is 0.742. The van der Waals surface area contributed by atoms with Gasteiger partial charge in [0.25, 0.3) is 0 Å². The van der Waals surface area contributed by atoms with Gasteiger partial charge < -0.3 is 11.1 Å². The van der Waals surface area contributed by atoms with Crippen LogP contribution < -0.4 is 11.1 Å². The molecule has 17 heavy (non-hydrogen) atoms. The van der Waals surface area contributed by atoms with E-state index in [0.29, 0.717) is 0 Å². The fourth-order valence-electron chi connectivity index (χ4n) is 1.55. The zero-order valence-corrected chi connectivity index (χ0v) is 10.1. The van der Waals surface area contributed by atoms with Crippen LogP contribution in [0, 0.1) is 6.92 Å². The van der Waals surface area contributed by atoms with Crippen LogP contribution in [0.3, 0.4) is 0 Å². The van der Waals surface area contributed by atoms with Crippen molar-refractivity contribution < 1.29 is 0 Å². The summed E-state index contributed by atoms with van der Waals surface area (Å²) in [5.41, 5.74) is 8.65. The standard InChI is InChI=1S/C12H17N5/c1-9-8-15-12(7-11(9)13)14-5-3-10-4-6-17(2)16-10/h4,6-8H,3,5H2,1-2H3,(H3,13,14,15). The summed E-state index contributed by atoms with van der Waals surface area (Å²) in [7, 11) is 1.92. The first kappa shape index (κ1) is 11.4. The van der Waals surface area contributed by atoms with Crippen LogP contribution >= 0.6 is 0 Å². The molecule has 0 spiro atoms. The van der Waals surface area contributed by atoms with Gasteiger partial charge in [-0.3, -0.25) is 4.68 Å². The average molecular weight is 231 g/mol. The number of nitrogens with one attached hydrogen (secondary N) is 1. The quantitative estimate of drug-likeness (QED) is 0.833. The highest BCUT2D eigenvalue weighted by atomic mass is 15.2. The van der Waals surface area contributed by atoms with Gasteiger partial charge in [-0.25, -0.2) is 4.98 Å². The summed E-state index contributed by atoms with van der Waals surface area (Å²) in [5, 5.41) is 7.54. The van der Waals surface area contributed by atoms with E-state index in [4.69, 9.17) is 5.73 Å². The van der Waals surface area contributed by atoms with Gasteiger partial charge in [-0.1, -0.05) is 0 Å². The molecule has 2 aromatic heterocycles. The molecular weight excluding hydrogens is 214 g/mol. The van der Waals surface area contributed by atoms with Crippen molar-refractivity contribution in [3.05, 3.63) is 35.8 Å². The Bertz CT molecular complexity index is 503. The Hall–Kier alpha value is -2.04. The number of anilines is 2. The summed E-state index contributed by atoms with van der Waals surface area (Å²) >= 11 is 0. The van der Waals surface area contributed by atoms with Crippen LogP contribution in [-0.2, 0) is 13.5 Å². The van der Waals surface area contributed by atoms with Crippen LogP contribution in [0.2, 0.25) is 0 Å². The van der Waals surface area contributed by atoms with Crippen molar-refractivity contribution in [2.75, 3.05) is 17.6 Å². The first-order valence-corrected chi connectivity index (χ1v) is 5.59. The number of aromatic nitrogens is 3. The summed E-state index contributed by atoms with van der Waals surface area (Å²) < 4.78 is 1.80. The zero-order valence-electron chi connectivity index (χ0n) is 10.1. The third-order valence-electron chi connectivity index (χ3n) is 2.60. The normalized spacial score (nSPS) is 10.5. The molecule has 0 aliphatic rings. The van der Waals surface area contributed by atoms with E-state index in [1.54, 1.807) is 10.9 Å². The fraction of sp³-hybridized carbons (Fsp3) is 0.333. The SMILES string of the molecule is Cc1cnc(NCCc2ccn(C)n2)cc1N. The zero-order chi connectivity index (χ0) is 12.3. The van der Waals surface area contributed by atoms with Gasteiger partial charge in [-0.2, -0.15) is 5.10 Å². The van der Waals surface area contributed by atoms with Gasteiger partial charge in [0.1, 0.15) is 5.82 Å². The first-order valence-electron chi connectivity index (χ1n) is 5.59. The third-order valence-corrected chi connectivity index (χ3v) is 2.60. The van der Waals surface area contributed by atoms with Crippen LogP contribution in [0.5, 0.6) is 0 Å². The predicted molar refractivity (Wildman–Crippen MR) is 68.8 cm³/mol. The molecule has 0 aliphatic carbocycles. The van der Waals surface area contributed by atoms with Crippen LogP contribution in [0.25, 0.3) is 0 Å².